The maximum atomic E-state index is 14.8. The number of allylic oxidation sites excluding steroid dienone is 1. The van der Waals surface area contributed by atoms with Gasteiger partial charge in [-0.05, 0) is 48.2 Å². The van der Waals surface area contributed by atoms with E-state index in [0.717, 1.165) is 4.90 Å². The van der Waals surface area contributed by atoms with Crippen molar-refractivity contribution in [1.29, 1.82) is 0 Å². The highest BCUT2D eigenvalue weighted by Gasteiger charge is 2.72. The number of carbonyl (C=O) groups excluding carboxylic acids is 3. The van der Waals surface area contributed by atoms with E-state index in [9.17, 15) is 27.6 Å². The molecule has 178 valence electrons. The van der Waals surface area contributed by atoms with Crippen LogP contribution in [0.25, 0.3) is 0 Å². The van der Waals surface area contributed by atoms with Crippen molar-refractivity contribution in [3.63, 3.8) is 0 Å². The molecule has 0 saturated heterocycles. The number of benzene rings is 2. The minimum Gasteiger partial charge on any atom is -0.497 e. The molecule has 2 aromatic carbocycles. The smallest absolute Gasteiger partial charge is 0.425 e. The van der Waals surface area contributed by atoms with Crippen molar-refractivity contribution in [2.45, 2.75) is 38.4 Å². The van der Waals surface area contributed by atoms with Gasteiger partial charge in [0.2, 0.25) is 5.54 Å². The predicted molar refractivity (Wildman–Crippen MR) is 118 cm³/mol. The normalized spacial score (nSPS) is 22.0. The molecule has 4 rings (SSSR count). The number of ketones is 1. The largest absolute Gasteiger partial charge is 0.497 e. The summed E-state index contributed by atoms with van der Waals surface area (Å²) in [6.45, 7) is 3.50. The Labute approximate surface area is 194 Å². The Kier molecular flexibility index (Phi) is 5.54. The average Bonchev–Trinajstić information content (AvgIpc) is 3.02. The van der Waals surface area contributed by atoms with Crippen LogP contribution in [0.3, 0.4) is 0 Å². The van der Waals surface area contributed by atoms with Gasteiger partial charge in [-0.1, -0.05) is 32.0 Å². The van der Waals surface area contributed by atoms with Crippen LogP contribution >= 0.6 is 0 Å². The number of hydrogen-bond donors (Lipinski definition) is 1. The fourth-order valence-corrected chi connectivity index (χ4v) is 4.59. The van der Waals surface area contributed by atoms with Crippen molar-refractivity contribution in [2.75, 3.05) is 12.0 Å². The molecule has 2 aliphatic rings. The maximum Gasteiger partial charge on any atom is 0.425 e. The number of hydrogen-bond acceptors (Lipinski definition) is 4. The average molecular weight is 472 g/mol. The SMILES string of the molecule is COc1ccc(N2C(=O)[C@@](NC(=O)c3ccccc3)(C(F)(F)F)C3=C2CC(C)(C)CC3=O)cc1. The van der Waals surface area contributed by atoms with Crippen LogP contribution in [0, 0.1) is 5.41 Å². The van der Waals surface area contributed by atoms with Crippen molar-refractivity contribution in [3.05, 3.63) is 71.4 Å². The zero-order valence-corrected chi connectivity index (χ0v) is 18.8. The summed E-state index contributed by atoms with van der Waals surface area (Å²) in [5.74, 6) is -2.91. The highest BCUT2D eigenvalue weighted by molar-refractivity contribution is 6.21. The molecular weight excluding hydrogens is 449 g/mol. The van der Waals surface area contributed by atoms with E-state index in [0.29, 0.717) is 5.75 Å². The zero-order valence-electron chi connectivity index (χ0n) is 18.8. The second-order valence-corrected chi connectivity index (χ2v) is 9.17. The summed E-state index contributed by atoms with van der Waals surface area (Å²) in [5.41, 5.74) is -4.86. The van der Waals surface area contributed by atoms with Crippen molar-refractivity contribution >= 4 is 23.3 Å². The molecule has 1 aliphatic carbocycles. The van der Waals surface area contributed by atoms with E-state index in [1.54, 1.807) is 19.9 Å². The highest BCUT2D eigenvalue weighted by Crippen LogP contribution is 2.52. The lowest BCUT2D eigenvalue weighted by Gasteiger charge is -2.35. The van der Waals surface area contributed by atoms with E-state index >= 15 is 0 Å². The minimum absolute atomic E-state index is 0.0465. The van der Waals surface area contributed by atoms with E-state index < -0.39 is 40.3 Å². The lowest BCUT2D eigenvalue weighted by molar-refractivity contribution is -0.186. The number of anilines is 1. The summed E-state index contributed by atoms with van der Waals surface area (Å²) in [6.07, 6.45) is -5.41. The molecule has 0 aromatic heterocycles. The Balaban J connectivity index is 1.93. The van der Waals surface area contributed by atoms with Gasteiger partial charge in [0.25, 0.3) is 11.8 Å². The summed E-state index contributed by atoms with van der Waals surface area (Å²) in [4.78, 5) is 40.7. The molecular formula is C25H23F3N2O4. The second kappa shape index (κ2) is 8.00. The first-order chi connectivity index (χ1) is 15.9. The Hall–Kier alpha value is -3.62. The first kappa shape index (κ1) is 23.5. The molecule has 0 radical (unpaired) electrons. The number of rotatable bonds is 4. The fourth-order valence-electron chi connectivity index (χ4n) is 4.59. The van der Waals surface area contributed by atoms with Crippen molar-refractivity contribution in [1.82, 2.24) is 5.32 Å². The molecule has 34 heavy (non-hydrogen) atoms. The Bertz CT molecular complexity index is 1190. The molecule has 0 unspecified atom stereocenters. The molecule has 0 spiro atoms. The molecule has 9 heteroatoms. The van der Waals surface area contributed by atoms with E-state index in [1.807, 2.05) is 5.32 Å². The number of nitrogens with zero attached hydrogens (tertiary/aromatic N) is 1. The number of carbonyl (C=O) groups is 3. The van der Waals surface area contributed by atoms with Gasteiger partial charge < -0.3 is 10.1 Å². The number of methoxy groups -OCH3 is 1. The standard InChI is InChI=1S/C25H23F3N2O4/c1-23(2)13-18-20(19(31)14-23)24(25(26,27)28,29-21(32)15-7-5-4-6-8-15)22(33)30(18)16-9-11-17(34-3)12-10-16/h4-12H,13-14H2,1-3H3,(H,29,32)/t24-/m1/s1. The van der Waals surface area contributed by atoms with Crippen molar-refractivity contribution < 1.29 is 32.3 Å². The molecule has 2 amide bonds. The number of halogens is 3. The molecule has 1 N–H and O–H groups in total. The van der Waals surface area contributed by atoms with E-state index in [-0.39, 0.29) is 29.8 Å². The molecule has 1 heterocycles. The third-order valence-electron chi connectivity index (χ3n) is 6.11. The molecule has 1 aliphatic heterocycles. The van der Waals surface area contributed by atoms with E-state index in [1.165, 1.54) is 55.6 Å². The van der Waals surface area contributed by atoms with Gasteiger partial charge >= 0.3 is 6.18 Å². The van der Waals surface area contributed by atoms with E-state index in [2.05, 4.69) is 0 Å². The first-order valence-corrected chi connectivity index (χ1v) is 10.6. The summed E-state index contributed by atoms with van der Waals surface area (Å²) < 4.78 is 49.6. The Morgan fingerprint density at radius 2 is 1.62 bits per heavy atom. The predicted octanol–water partition coefficient (Wildman–Crippen LogP) is 4.42. The number of Topliss-reactive ketones (excluding diaryl/α,β-unsaturated/α-hetero) is 1. The molecule has 2 aromatic rings. The third kappa shape index (κ3) is 3.65. The van der Waals surface area contributed by atoms with Gasteiger partial charge in [0.15, 0.2) is 5.78 Å². The summed E-state index contributed by atoms with van der Waals surface area (Å²) in [6, 6.07) is 13.2. The van der Waals surface area contributed by atoms with Crippen LogP contribution in [0.5, 0.6) is 5.75 Å². The number of amides is 2. The fraction of sp³-hybridized carbons (Fsp3) is 0.320. The van der Waals surface area contributed by atoms with Crippen LogP contribution in [-0.2, 0) is 9.59 Å². The molecule has 6 nitrogen and oxygen atoms in total. The Morgan fingerprint density at radius 1 is 1.00 bits per heavy atom. The van der Waals surface area contributed by atoms with Gasteiger partial charge in [0, 0.05) is 23.4 Å². The van der Waals surface area contributed by atoms with Crippen LogP contribution in [0.2, 0.25) is 0 Å². The van der Waals surface area contributed by atoms with Crippen molar-refractivity contribution in [2.24, 2.45) is 5.41 Å². The topological polar surface area (TPSA) is 75.7 Å². The first-order valence-electron chi connectivity index (χ1n) is 10.6. The number of alkyl halides is 3. The Morgan fingerprint density at radius 3 is 2.18 bits per heavy atom. The molecule has 1 atom stereocenters. The van der Waals surface area contributed by atoms with Gasteiger partial charge in [0.1, 0.15) is 5.75 Å². The van der Waals surface area contributed by atoms with Crippen LogP contribution in [-0.4, -0.2) is 36.4 Å². The number of nitrogens with one attached hydrogen (secondary N) is 1. The monoisotopic (exact) mass is 472 g/mol. The van der Waals surface area contributed by atoms with Gasteiger partial charge in [-0.15, -0.1) is 0 Å². The summed E-state index contributed by atoms with van der Waals surface area (Å²) >= 11 is 0. The van der Waals surface area contributed by atoms with Crippen molar-refractivity contribution in [3.8, 4) is 5.75 Å². The van der Waals surface area contributed by atoms with Crippen LogP contribution in [0.15, 0.2) is 65.9 Å². The minimum atomic E-state index is -5.27. The third-order valence-corrected chi connectivity index (χ3v) is 6.11. The quantitative estimate of drug-likeness (QED) is 0.715. The number of ether oxygens (including phenoxy) is 1. The lowest BCUT2D eigenvalue weighted by atomic mass is 9.72. The van der Waals surface area contributed by atoms with Crippen LogP contribution in [0.1, 0.15) is 37.0 Å². The summed E-state index contributed by atoms with van der Waals surface area (Å²) in [5, 5.41) is 1.92. The zero-order chi connectivity index (χ0) is 24.9. The van der Waals surface area contributed by atoms with Gasteiger partial charge in [-0.2, -0.15) is 13.2 Å². The van der Waals surface area contributed by atoms with Crippen LogP contribution in [0.4, 0.5) is 18.9 Å². The molecule has 0 bridgehead atoms. The van der Waals surface area contributed by atoms with E-state index in [4.69, 9.17) is 4.74 Å². The van der Waals surface area contributed by atoms with Gasteiger partial charge in [0.05, 0.1) is 12.7 Å². The van der Waals surface area contributed by atoms with Gasteiger partial charge in [-0.3, -0.25) is 19.3 Å². The molecule has 0 saturated carbocycles. The molecule has 0 fully saturated rings. The maximum absolute atomic E-state index is 14.8. The lowest BCUT2D eigenvalue weighted by Crippen LogP contribution is -2.66. The van der Waals surface area contributed by atoms with Gasteiger partial charge in [-0.25, -0.2) is 0 Å². The van der Waals surface area contributed by atoms with Crippen LogP contribution < -0.4 is 15.0 Å². The highest BCUT2D eigenvalue weighted by atomic mass is 19.4. The second-order valence-electron chi connectivity index (χ2n) is 9.17. The summed E-state index contributed by atoms with van der Waals surface area (Å²) in [7, 11) is 1.44.